The predicted octanol–water partition coefficient (Wildman–Crippen LogP) is 4.48. The van der Waals surface area contributed by atoms with Crippen molar-refractivity contribution in [2.24, 2.45) is 0 Å². The highest BCUT2D eigenvalue weighted by molar-refractivity contribution is 7.99. The van der Waals surface area contributed by atoms with Gasteiger partial charge in [0.25, 0.3) is 0 Å². The van der Waals surface area contributed by atoms with Crippen LogP contribution in [0.4, 0.5) is 4.39 Å². The van der Waals surface area contributed by atoms with Crippen molar-refractivity contribution in [2.45, 2.75) is 44.0 Å². The molecule has 4 rings (SSSR count). The zero-order chi connectivity index (χ0) is 21.6. The first-order valence-electron chi connectivity index (χ1n) is 10.4. The first-order chi connectivity index (χ1) is 15.1. The van der Waals surface area contributed by atoms with Gasteiger partial charge in [0, 0.05) is 18.3 Å². The second-order valence-corrected chi connectivity index (χ2v) is 8.45. The van der Waals surface area contributed by atoms with Crippen molar-refractivity contribution in [1.29, 1.82) is 0 Å². The lowest BCUT2D eigenvalue weighted by Crippen LogP contribution is -2.42. The van der Waals surface area contributed by atoms with Gasteiger partial charge in [0.1, 0.15) is 6.61 Å². The number of piperidine rings is 1. The van der Waals surface area contributed by atoms with E-state index < -0.39 is 5.82 Å². The highest BCUT2D eigenvalue weighted by atomic mass is 32.2. The van der Waals surface area contributed by atoms with Crippen LogP contribution in [0.3, 0.4) is 0 Å². The van der Waals surface area contributed by atoms with Crippen molar-refractivity contribution in [2.75, 3.05) is 12.3 Å². The summed E-state index contributed by atoms with van der Waals surface area (Å²) in [7, 11) is 0. The van der Waals surface area contributed by atoms with Crippen molar-refractivity contribution in [1.82, 2.24) is 19.7 Å². The van der Waals surface area contributed by atoms with Gasteiger partial charge in [-0.15, -0.1) is 10.2 Å². The van der Waals surface area contributed by atoms with Crippen LogP contribution in [0.5, 0.6) is 5.75 Å². The van der Waals surface area contributed by atoms with Crippen LogP contribution in [0.2, 0.25) is 0 Å². The predicted molar refractivity (Wildman–Crippen MR) is 118 cm³/mol. The van der Waals surface area contributed by atoms with Crippen LogP contribution < -0.4 is 4.74 Å². The average Bonchev–Trinajstić information content (AvgIpc) is 3.20. The molecule has 2 heterocycles. The summed E-state index contributed by atoms with van der Waals surface area (Å²) in [6.45, 7) is 2.97. The van der Waals surface area contributed by atoms with Gasteiger partial charge in [-0.05, 0) is 50.5 Å². The lowest BCUT2D eigenvalue weighted by molar-refractivity contribution is -0.131. The molecule has 1 amide bonds. The Morgan fingerprint density at radius 1 is 1.13 bits per heavy atom. The Bertz CT molecular complexity index is 1030. The first kappa shape index (κ1) is 21.4. The van der Waals surface area contributed by atoms with Crippen LogP contribution in [-0.4, -0.2) is 43.9 Å². The summed E-state index contributed by atoms with van der Waals surface area (Å²) in [5, 5.41) is 9.16. The van der Waals surface area contributed by atoms with E-state index >= 15 is 0 Å². The lowest BCUT2D eigenvalue weighted by atomic mass is 10.0. The van der Waals surface area contributed by atoms with E-state index in [1.807, 2.05) is 39.8 Å². The number of ether oxygens (including phenoxy) is 1. The number of likely N-dealkylation sites (tertiary alicyclic amines) is 1. The number of thioether (sulfide) groups is 1. The number of hydrogen-bond donors (Lipinski definition) is 0. The topological polar surface area (TPSA) is 60.3 Å². The van der Waals surface area contributed by atoms with Gasteiger partial charge in [0.05, 0.1) is 5.75 Å². The third-order valence-corrected chi connectivity index (χ3v) is 6.27. The molecule has 1 saturated heterocycles. The Labute approximate surface area is 185 Å². The first-order valence-corrected chi connectivity index (χ1v) is 11.4. The molecule has 1 aromatic heterocycles. The smallest absolute Gasteiger partial charge is 0.233 e. The number of halogens is 1. The van der Waals surface area contributed by atoms with Crippen LogP contribution in [0, 0.1) is 5.82 Å². The van der Waals surface area contributed by atoms with Crippen molar-refractivity contribution in [3.63, 3.8) is 0 Å². The molecular formula is C23H25FN4O2S. The SMILES string of the molecule is C[C@H]1CCCCN1C(=O)CSc1nnc(COc2ccccc2F)n1-c1ccccc1. The van der Waals surface area contributed by atoms with Gasteiger partial charge in [-0.25, -0.2) is 4.39 Å². The summed E-state index contributed by atoms with van der Waals surface area (Å²) < 4.78 is 21.4. The quantitative estimate of drug-likeness (QED) is 0.507. The van der Waals surface area contributed by atoms with Crippen LogP contribution >= 0.6 is 11.8 Å². The van der Waals surface area contributed by atoms with Crippen LogP contribution in [0.15, 0.2) is 59.8 Å². The van der Waals surface area contributed by atoms with Crippen LogP contribution in [0.25, 0.3) is 5.69 Å². The average molecular weight is 441 g/mol. The molecule has 2 aromatic carbocycles. The molecule has 0 saturated carbocycles. The van der Waals surface area contributed by atoms with E-state index in [4.69, 9.17) is 4.74 Å². The molecule has 6 nitrogen and oxygen atoms in total. The van der Waals surface area contributed by atoms with Gasteiger partial charge in [0.2, 0.25) is 5.91 Å². The van der Waals surface area contributed by atoms with Crippen molar-refractivity contribution in [3.8, 4) is 11.4 Å². The van der Waals surface area contributed by atoms with E-state index in [1.54, 1.807) is 18.2 Å². The number of aromatic nitrogens is 3. The van der Waals surface area contributed by atoms with Gasteiger partial charge in [0.15, 0.2) is 22.5 Å². The Hall–Kier alpha value is -2.87. The van der Waals surface area contributed by atoms with Crippen molar-refractivity contribution in [3.05, 3.63) is 66.2 Å². The zero-order valence-corrected chi connectivity index (χ0v) is 18.2. The highest BCUT2D eigenvalue weighted by Crippen LogP contribution is 2.25. The normalized spacial score (nSPS) is 16.3. The van der Waals surface area contributed by atoms with E-state index in [0.29, 0.717) is 16.7 Å². The molecule has 162 valence electrons. The number of para-hydroxylation sites is 2. The molecule has 0 spiro atoms. The summed E-state index contributed by atoms with van der Waals surface area (Å²) in [5.41, 5.74) is 0.862. The molecule has 0 bridgehead atoms. The largest absolute Gasteiger partial charge is 0.483 e. The van der Waals surface area contributed by atoms with Gasteiger partial charge in [-0.3, -0.25) is 9.36 Å². The third kappa shape index (κ3) is 5.07. The number of carbonyl (C=O) groups excluding carboxylic acids is 1. The molecule has 1 atom stereocenters. The van der Waals surface area contributed by atoms with Crippen LogP contribution in [0.1, 0.15) is 32.0 Å². The number of rotatable bonds is 7. The summed E-state index contributed by atoms with van der Waals surface area (Å²) in [6.07, 6.45) is 3.28. The minimum Gasteiger partial charge on any atom is -0.483 e. The molecular weight excluding hydrogens is 415 g/mol. The summed E-state index contributed by atoms with van der Waals surface area (Å²) in [6, 6.07) is 16.2. The minimum absolute atomic E-state index is 0.0560. The summed E-state index contributed by atoms with van der Waals surface area (Å²) >= 11 is 1.36. The number of nitrogens with zero attached hydrogens (tertiary/aromatic N) is 4. The van der Waals surface area contributed by atoms with Gasteiger partial charge in [-0.2, -0.15) is 0 Å². The molecule has 1 aliphatic rings. The van der Waals surface area contributed by atoms with E-state index in [1.165, 1.54) is 24.2 Å². The molecule has 0 unspecified atom stereocenters. The monoisotopic (exact) mass is 440 g/mol. The van der Waals surface area contributed by atoms with E-state index in [9.17, 15) is 9.18 Å². The molecule has 31 heavy (non-hydrogen) atoms. The Morgan fingerprint density at radius 3 is 2.68 bits per heavy atom. The van der Waals surface area contributed by atoms with Crippen LogP contribution in [-0.2, 0) is 11.4 Å². The van der Waals surface area contributed by atoms with E-state index in [0.717, 1.165) is 25.1 Å². The Morgan fingerprint density at radius 2 is 1.90 bits per heavy atom. The Balaban J connectivity index is 1.52. The van der Waals surface area contributed by atoms with Gasteiger partial charge < -0.3 is 9.64 Å². The highest BCUT2D eigenvalue weighted by Gasteiger charge is 2.24. The maximum Gasteiger partial charge on any atom is 0.233 e. The van der Waals surface area contributed by atoms with Crippen molar-refractivity contribution < 1.29 is 13.9 Å². The number of hydrogen-bond acceptors (Lipinski definition) is 5. The van der Waals surface area contributed by atoms with Gasteiger partial charge >= 0.3 is 0 Å². The molecule has 1 fully saturated rings. The molecule has 0 radical (unpaired) electrons. The fourth-order valence-electron chi connectivity index (χ4n) is 3.71. The number of amides is 1. The maximum atomic E-state index is 13.9. The third-order valence-electron chi connectivity index (χ3n) is 5.36. The van der Waals surface area contributed by atoms with E-state index in [2.05, 4.69) is 17.1 Å². The molecule has 0 N–H and O–H groups in total. The van der Waals surface area contributed by atoms with E-state index in [-0.39, 0.29) is 24.3 Å². The summed E-state index contributed by atoms with van der Waals surface area (Å²) in [4.78, 5) is 14.7. The zero-order valence-electron chi connectivity index (χ0n) is 17.4. The number of carbonyl (C=O) groups is 1. The minimum atomic E-state index is -0.427. The second kappa shape index (κ2) is 9.96. The lowest BCUT2D eigenvalue weighted by Gasteiger charge is -2.33. The summed E-state index contributed by atoms with van der Waals surface area (Å²) in [5.74, 6) is 0.682. The number of benzene rings is 2. The fourth-order valence-corrected chi connectivity index (χ4v) is 4.56. The second-order valence-electron chi connectivity index (χ2n) is 7.51. The standard InChI is InChI=1S/C23H25FN4O2S/c1-17-9-7-8-14-27(17)22(29)16-31-23-26-25-21(28(23)18-10-3-2-4-11-18)15-30-20-13-6-5-12-19(20)24/h2-6,10-13,17H,7-9,14-16H2,1H3/t17-/m0/s1. The Kier molecular flexibility index (Phi) is 6.86. The molecule has 8 heteroatoms. The van der Waals surface area contributed by atoms with Gasteiger partial charge in [-0.1, -0.05) is 42.1 Å². The maximum absolute atomic E-state index is 13.9. The van der Waals surface area contributed by atoms with Crippen molar-refractivity contribution >= 4 is 17.7 Å². The fraction of sp³-hybridized carbons (Fsp3) is 0.348. The molecule has 3 aromatic rings. The molecule has 1 aliphatic heterocycles. The molecule has 0 aliphatic carbocycles.